The molecule has 2 fully saturated rings. The van der Waals surface area contributed by atoms with Gasteiger partial charge in [-0.05, 0) is 43.9 Å². The summed E-state index contributed by atoms with van der Waals surface area (Å²) >= 11 is 0. The first-order valence-electron chi connectivity index (χ1n) is 10.9. The molecule has 0 radical (unpaired) electrons. The van der Waals surface area contributed by atoms with Crippen molar-refractivity contribution in [1.82, 2.24) is 19.7 Å². The van der Waals surface area contributed by atoms with Crippen molar-refractivity contribution in [2.45, 2.75) is 43.9 Å². The van der Waals surface area contributed by atoms with E-state index in [2.05, 4.69) is 31.8 Å². The number of ether oxygens (including phenoxy) is 1. The molecule has 1 aliphatic carbocycles. The molecular formula is C23H25N7O2. The summed E-state index contributed by atoms with van der Waals surface area (Å²) in [5, 5.41) is 30.3. The van der Waals surface area contributed by atoms with Gasteiger partial charge < -0.3 is 20.5 Å². The van der Waals surface area contributed by atoms with Gasteiger partial charge in [0.1, 0.15) is 6.07 Å². The third kappa shape index (κ3) is 4.42. The second-order valence-electron chi connectivity index (χ2n) is 8.33. The van der Waals surface area contributed by atoms with Crippen molar-refractivity contribution in [3.8, 4) is 17.2 Å². The maximum atomic E-state index is 9.77. The van der Waals surface area contributed by atoms with Crippen LogP contribution in [0.3, 0.4) is 0 Å². The molecule has 3 atom stereocenters. The fraction of sp³-hybridized carbons (Fsp3) is 0.391. The van der Waals surface area contributed by atoms with Gasteiger partial charge in [0.15, 0.2) is 0 Å². The Kier molecular flexibility index (Phi) is 5.71. The van der Waals surface area contributed by atoms with Gasteiger partial charge in [0.2, 0.25) is 5.95 Å². The summed E-state index contributed by atoms with van der Waals surface area (Å²) in [7, 11) is 0. The van der Waals surface area contributed by atoms with Crippen molar-refractivity contribution >= 4 is 17.3 Å². The summed E-state index contributed by atoms with van der Waals surface area (Å²) in [6.07, 6.45) is 10.4. The van der Waals surface area contributed by atoms with Gasteiger partial charge in [0.05, 0.1) is 36.2 Å². The van der Waals surface area contributed by atoms with Crippen LogP contribution < -0.4 is 10.6 Å². The molecule has 0 bridgehead atoms. The summed E-state index contributed by atoms with van der Waals surface area (Å²) in [4.78, 5) is 8.88. The van der Waals surface area contributed by atoms with E-state index in [1.807, 2.05) is 29.2 Å². The monoisotopic (exact) mass is 431 g/mol. The van der Waals surface area contributed by atoms with Crippen molar-refractivity contribution in [3.05, 3.63) is 48.5 Å². The SMILES string of the molecule is N#Cc1ccc(Nc2ncc(-c3cnn(C4CCOC4)c3)cn2)cc1NC1CCC(O)C1. The molecule has 3 aromatic rings. The van der Waals surface area contributed by atoms with Crippen LogP contribution in [-0.4, -0.2) is 50.2 Å². The predicted octanol–water partition coefficient (Wildman–Crippen LogP) is 3.24. The highest BCUT2D eigenvalue weighted by atomic mass is 16.5. The number of benzene rings is 1. The number of hydrogen-bond acceptors (Lipinski definition) is 8. The minimum absolute atomic E-state index is 0.166. The third-order valence-electron chi connectivity index (χ3n) is 6.03. The zero-order valence-corrected chi connectivity index (χ0v) is 17.6. The van der Waals surface area contributed by atoms with Crippen molar-refractivity contribution in [3.63, 3.8) is 0 Å². The highest BCUT2D eigenvalue weighted by Crippen LogP contribution is 2.28. The van der Waals surface area contributed by atoms with Gasteiger partial charge in [0, 0.05) is 48.1 Å². The van der Waals surface area contributed by atoms with Crippen LogP contribution in [-0.2, 0) is 4.74 Å². The maximum absolute atomic E-state index is 9.77. The van der Waals surface area contributed by atoms with Gasteiger partial charge in [-0.1, -0.05) is 0 Å². The van der Waals surface area contributed by atoms with Gasteiger partial charge in [-0.2, -0.15) is 10.4 Å². The summed E-state index contributed by atoms with van der Waals surface area (Å²) in [6.45, 7) is 1.47. The Morgan fingerprint density at radius 1 is 1.12 bits per heavy atom. The molecule has 2 aromatic heterocycles. The number of nitrogens with zero attached hydrogens (tertiary/aromatic N) is 5. The number of aromatic nitrogens is 4. The lowest BCUT2D eigenvalue weighted by atomic mass is 10.1. The Balaban J connectivity index is 1.28. The highest BCUT2D eigenvalue weighted by molar-refractivity contribution is 5.68. The van der Waals surface area contributed by atoms with Crippen LogP contribution in [0, 0.1) is 11.3 Å². The van der Waals surface area contributed by atoms with Crippen LogP contribution in [0.1, 0.15) is 37.3 Å². The molecule has 9 nitrogen and oxygen atoms in total. The molecule has 0 spiro atoms. The fourth-order valence-corrected chi connectivity index (χ4v) is 4.24. The van der Waals surface area contributed by atoms with E-state index in [0.29, 0.717) is 24.5 Å². The summed E-state index contributed by atoms with van der Waals surface area (Å²) in [6, 6.07) is 8.16. The van der Waals surface area contributed by atoms with Crippen LogP contribution in [0.15, 0.2) is 43.0 Å². The van der Waals surface area contributed by atoms with Crippen molar-refractivity contribution in [1.29, 1.82) is 5.26 Å². The predicted molar refractivity (Wildman–Crippen MR) is 119 cm³/mol. The summed E-state index contributed by atoms with van der Waals surface area (Å²) < 4.78 is 7.38. The first kappa shape index (κ1) is 20.4. The van der Waals surface area contributed by atoms with Crippen LogP contribution in [0.2, 0.25) is 0 Å². The molecule has 1 saturated carbocycles. The van der Waals surface area contributed by atoms with Crippen LogP contribution in [0.4, 0.5) is 17.3 Å². The van der Waals surface area contributed by atoms with E-state index in [0.717, 1.165) is 48.4 Å². The molecule has 1 aromatic carbocycles. The van der Waals surface area contributed by atoms with E-state index in [9.17, 15) is 10.4 Å². The first-order valence-corrected chi connectivity index (χ1v) is 10.9. The third-order valence-corrected chi connectivity index (χ3v) is 6.03. The van der Waals surface area contributed by atoms with Gasteiger partial charge >= 0.3 is 0 Å². The lowest BCUT2D eigenvalue weighted by Gasteiger charge is -2.16. The molecular weight excluding hydrogens is 406 g/mol. The van der Waals surface area contributed by atoms with E-state index in [1.165, 1.54) is 0 Å². The standard InChI is InChI=1S/C23H25N7O2/c24-9-15-1-2-19(8-22(15)28-18-3-4-21(31)7-18)29-23-25-10-16(11-26-23)17-12-27-30(13-17)20-5-6-32-14-20/h1-2,8,10-13,18,20-21,28,31H,3-7,14H2,(H,25,26,29). The Bertz CT molecular complexity index is 1120. The van der Waals surface area contributed by atoms with Gasteiger partial charge in [0.25, 0.3) is 0 Å². The number of aliphatic hydroxyl groups excluding tert-OH is 1. The van der Waals surface area contributed by atoms with Crippen molar-refractivity contribution in [2.75, 3.05) is 23.8 Å². The van der Waals surface area contributed by atoms with Crippen LogP contribution in [0.5, 0.6) is 0 Å². The van der Waals surface area contributed by atoms with Crippen molar-refractivity contribution < 1.29 is 9.84 Å². The molecule has 3 N–H and O–H groups in total. The Hall–Kier alpha value is -3.48. The van der Waals surface area contributed by atoms with Crippen LogP contribution in [0.25, 0.3) is 11.1 Å². The Morgan fingerprint density at radius 2 is 2.00 bits per heavy atom. The quantitative estimate of drug-likeness (QED) is 0.544. The second-order valence-corrected chi connectivity index (χ2v) is 8.33. The molecule has 5 rings (SSSR count). The van der Waals surface area contributed by atoms with E-state index in [1.54, 1.807) is 18.5 Å². The molecule has 1 saturated heterocycles. The summed E-state index contributed by atoms with van der Waals surface area (Å²) in [5.41, 5.74) is 3.95. The van der Waals surface area contributed by atoms with E-state index < -0.39 is 0 Å². The van der Waals surface area contributed by atoms with Crippen molar-refractivity contribution in [2.24, 2.45) is 0 Å². The maximum Gasteiger partial charge on any atom is 0.227 e. The van der Waals surface area contributed by atoms with Gasteiger partial charge in [-0.25, -0.2) is 9.97 Å². The molecule has 32 heavy (non-hydrogen) atoms. The highest BCUT2D eigenvalue weighted by Gasteiger charge is 2.23. The zero-order valence-electron chi connectivity index (χ0n) is 17.6. The lowest BCUT2D eigenvalue weighted by molar-refractivity contribution is 0.182. The Morgan fingerprint density at radius 3 is 2.72 bits per heavy atom. The minimum atomic E-state index is -0.273. The molecule has 2 aliphatic rings. The second kappa shape index (κ2) is 8.94. The van der Waals surface area contributed by atoms with E-state index >= 15 is 0 Å². The van der Waals surface area contributed by atoms with Gasteiger partial charge in [-0.15, -0.1) is 0 Å². The zero-order chi connectivity index (χ0) is 21.9. The largest absolute Gasteiger partial charge is 0.393 e. The molecule has 1 aliphatic heterocycles. The van der Waals surface area contributed by atoms with Crippen LogP contribution >= 0.6 is 0 Å². The minimum Gasteiger partial charge on any atom is -0.393 e. The smallest absolute Gasteiger partial charge is 0.227 e. The topological polar surface area (TPSA) is 121 Å². The fourth-order valence-electron chi connectivity index (χ4n) is 4.24. The number of nitriles is 1. The van der Waals surface area contributed by atoms with E-state index in [4.69, 9.17) is 4.74 Å². The first-order chi connectivity index (χ1) is 15.7. The average Bonchev–Trinajstić information content (AvgIpc) is 3.57. The molecule has 3 heterocycles. The van der Waals surface area contributed by atoms with E-state index in [-0.39, 0.29) is 18.2 Å². The Labute approximate surface area is 186 Å². The number of hydrogen-bond donors (Lipinski definition) is 3. The number of anilines is 3. The lowest BCUT2D eigenvalue weighted by Crippen LogP contribution is -2.17. The summed E-state index contributed by atoms with van der Waals surface area (Å²) in [5.74, 6) is 0.470. The molecule has 3 unspecified atom stereocenters. The molecule has 0 amide bonds. The normalized spacial score (nSPS) is 22.6. The number of nitrogens with one attached hydrogen (secondary N) is 2. The number of aliphatic hydroxyl groups is 1. The average molecular weight is 432 g/mol. The molecule has 9 heteroatoms. The molecule has 164 valence electrons. The van der Waals surface area contributed by atoms with Gasteiger partial charge in [-0.3, -0.25) is 4.68 Å². The number of rotatable bonds is 6.